The fourth-order valence-electron chi connectivity index (χ4n) is 1.13. The lowest BCUT2D eigenvalue weighted by molar-refractivity contribution is -0.119. The van der Waals surface area contributed by atoms with Crippen LogP contribution < -0.4 is 16.8 Å². The number of nitrogen functional groups attached to an aromatic ring is 1. The number of hydrogen-bond donors (Lipinski definition) is 3. The van der Waals surface area contributed by atoms with Crippen LogP contribution in [0.4, 0.5) is 14.9 Å². The van der Waals surface area contributed by atoms with Crippen molar-refractivity contribution < 1.29 is 14.0 Å². The van der Waals surface area contributed by atoms with Crippen LogP contribution >= 0.6 is 11.8 Å². The molecule has 0 heterocycles. The lowest BCUT2D eigenvalue weighted by Gasteiger charge is -2.03. The van der Waals surface area contributed by atoms with Crippen LogP contribution in [0.1, 0.15) is 6.42 Å². The fraction of sp³-hybridized carbons (Fsp3) is 0.200. The molecule has 0 aromatic heterocycles. The van der Waals surface area contributed by atoms with Crippen molar-refractivity contribution >= 4 is 29.4 Å². The molecule has 0 radical (unpaired) electrons. The summed E-state index contributed by atoms with van der Waals surface area (Å²) < 4.78 is 13.0. The van der Waals surface area contributed by atoms with Gasteiger partial charge in [0.25, 0.3) is 0 Å². The first-order valence-electron chi connectivity index (χ1n) is 4.75. The van der Waals surface area contributed by atoms with E-state index in [1.54, 1.807) is 6.07 Å². The number of rotatable bonds is 4. The smallest absolute Gasteiger partial charge is 0.318 e. The van der Waals surface area contributed by atoms with Crippen molar-refractivity contribution in [1.82, 2.24) is 5.32 Å². The molecule has 0 aliphatic heterocycles. The van der Waals surface area contributed by atoms with Gasteiger partial charge in [0, 0.05) is 22.8 Å². The number of amides is 3. The van der Waals surface area contributed by atoms with Gasteiger partial charge in [0.05, 0.1) is 0 Å². The molecule has 0 saturated carbocycles. The van der Waals surface area contributed by atoms with E-state index < -0.39 is 17.8 Å². The minimum Gasteiger partial charge on any atom is -0.399 e. The quantitative estimate of drug-likeness (QED) is 0.555. The van der Waals surface area contributed by atoms with Gasteiger partial charge in [0.1, 0.15) is 5.82 Å². The lowest BCUT2D eigenvalue weighted by Crippen LogP contribution is -2.35. The monoisotopic (exact) mass is 257 g/mol. The first kappa shape index (κ1) is 13.3. The number of halogens is 1. The van der Waals surface area contributed by atoms with Crippen molar-refractivity contribution in [2.24, 2.45) is 5.73 Å². The summed E-state index contributed by atoms with van der Waals surface area (Å²) in [6.07, 6.45) is 0.115. The van der Waals surface area contributed by atoms with Crippen LogP contribution in [0, 0.1) is 5.82 Å². The molecule has 17 heavy (non-hydrogen) atoms. The highest BCUT2D eigenvalue weighted by Crippen LogP contribution is 2.22. The van der Waals surface area contributed by atoms with E-state index in [1.165, 1.54) is 23.9 Å². The third kappa shape index (κ3) is 5.21. The number of nitrogens with two attached hydrogens (primary N) is 2. The van der Waals surface area contributed by atoms with Crippen molar-refractivity contribution in [1.29, 1.82) is 0 Å². The number of anilines is 1. The van der Waals surface area contributed by atoms with Gasteiger partial charge in [-0.1, -0.05) is 0 Å². The van der Waals surface area contributed by atoms with E-state index in [2.05, 4.69) is 0 Å². The Morgan fingerprint density at radius 2 is 2.06 bits per heavy atom. The molecule has 3 amide bonds. The second-order valence-corrected chi connectivity index (χ2v) is 4.40. The normalized spacial score (nSPS) is 9.94. The third-order valence-corrected chi connectivity index (χ3v) is 2.73. The van der Waals surface area contributed by atoms with Gasteiger partial charge in [0.2, 0.25) is 5.91 Å². The van der Waals surface area contributed by atoms with E-state index in [-0.39, 0.29) is 6.42 Å². The topological polar surface area (TPSA) is 98.2 Å². The van der Waals surface area contributed by atoms with Crippen LogP contribution in [0.3, 0.4) is 0 Å². The molecule has 7 heteroatoms. The van der Waals surface area contributed by atoms with Crippen LogP contribution in [-0.4, -0.2) is 17.7 Å². The largest absolute Gasteiger partial charge is 0.399 e. The summed E-state index contributed by atoms with van der Waals surface area (Å²) in [5, 5.41) is 1.94. The number of nitrogens with one attached hydrogen (secondary N) is 1. The summed E-state index contributed by atoms with van der Waals surface area (Å²) in [7, 11) is 0. The maximum absolute atomic E-state index is 13.0. The molecule has 0 saturated heterocycles. The Labute approximate surface area is 102 Å². The van der Waals surface area contributed by atoms with Gasteiger partial charge in [-0.15, -0.1) is 11.8 Å². The average molecular weight is 257 g/mol. The number of hydrogen-bond acceptors (Lipinski definition) is 4. The molecule has 0 aliphatic rings. The number of carbonyl (C=O) groups is 2. The maximum atomic E-state index is 13.0. The molecule has 1 aromatic carbocycles. The SMILES string of the molecule is NC(=O)NC(=O)CCSc1cc(N)cc(F)c1. The summed E-state index contributed by atoms with van der Waals surface area (Å²) in [4.78, 5) is 22.0. The van der Waals surface area contributed by atoms with Gasteiger partial charge in [-0.05, 0) is 18.2 Å². The van der Waals surface area contributed by atoms with Crippen LogP contribution in [-0.2, 0) is 4.79 Å². The van der Waals surface area contributed by atoms with Crippen molar-refractivity contribution in [2.45, 2.75) is 11.3 Å². The zero-order valence-corrected chi connectivity index (χ0v) is 9.72. The number of carbonyl (C=O) groups excluding carboxylic acids is 2. The van der Waals surface area contributed by atoms with Gasteiger partial charge < -0.3 is 11.5 Å². The highest BCUT2D eigenvalue weighted by Gasteiger charge is 2.05. The summed E-state index contributed by atoms with van der Waals surface area (Å²) in [6.45, 7) is 0. The second-order valence-electron chi connectivity index (χ2n) is 3.23. The average Bonchev–Trinajstić information content (AvgIpc) is 2.14. The number of urea groups is 1. The van der Waals surface area contributed by atoms with Gasteiger partial charge in [-0.25, -0.2) is 9.18 Å². The third-order valence-electron chi connectivity index (χ3n) is 1.75. The predicted molar refractivity (Wildman–Crippen MR) is 63.9 cm³/mol. The molecule has 0 unspecified atom stereocenters. The number of benzene rings is 1. The zero-order valence-electron chi connectivity index (χ0n) is 8.90. The van der Waals surface area contributed by atoms with Crippen molar-refractivity contribution in [2.75, 3.05) is 11.5 Å². The molecule has 0 atom stereocenters. The highest BCUT2D eigenvalue weighted by molar-refractivity contribution is 7.99. The van der Waals surface area contributed by atoms with E-state index >= 15 is 0 Å². The molecule has 92 valence electrons. The Kier molecular flexibility index (Phi) is 4.77. The predicted octanol–water partition coefficient (Wildman–Crippen LogP) is 1.08. The van der Waals surface area contributed by atoms with Crippen LogP contribution in [0.5, 0.6) is 0 Å². The molecule has 0 bridgehead atoms. The standard InChI is InChI=1S/C10H12FN3O2S/c11-6-3-7(12)5-8(4-6)17-2-1-9(15)14-10(13)16/h3-5H,1-2,12H2,(H3,13,14,15,16). The van der Waals surface area contributed by atoms with Gasteiger partial charge >= 0.3 is 6.03 Å². The number of thioether (sulfide) groups is 1. The van der Waals surface area contributed by atoms with E-state index in [4.69, 9.17) is 11.5 Å². The molecule has 1 aromatic rings. The van der Waals surface area contributed by atoms with Crippen molar-refractivity contribution in [3.05, 3.63) is 24.0 Å². The van der Waals surface area contributed by atoms with Gasteiger partial charge in [-0.2, -0.15) is 0 Å². The minimum atomic E-state index is -0.880. The molecular weight excluding hydrogens is 245 g/mol. The van der Waals surface area contributed by atoms with Crippen molar-refractivity contribution in [3.63, 3.8) is 0 Å². The van der Waals surface area contributed by atoms with E-state index in [0.717, 1.165) is 0 Å². The van der Waals surface area contributed by atoms with Gasteiger partial charge in [-0.3, -0.25) is 10.1 Å². The molecule has 5 nitrogen and oxygen atoms in total. The Bertz CT molecular complexity index is 419. The van der Waals surface area contributed by atoms with Crippen LogP contribution in [0.25, 0.3) is 0 Å². The summed E-state index contributed by atoms with van der Waals surface area (Å²) >= 11 is 1.27. The van der Waals surface area contributed by atoms with E-state index in [1.807, 2.05) is 5.32 Å². The molecule has 0 spiro atoms. The van der Waals surface area contributed by atoms with E-state index in [9.17, 15) is 14.0 Å². The maximum Gasteiger partial charge on any atom is 0.318 e. The first-order valence-corrected chi connectivity index (χ1v) is 5.74. The Morgan fingerprint density at radius 1 is 1.35 bits per heavy atom. The molecule has 1 rings (SSSR count). The summed E-state index contributed by atoms with van der Waals surface area (Å²) in [6, 6.07) is 3.27. The summed E-state index contributed by atoms with van der Waals surface area (Å²) in [5.74, 6) is -0.481. The molecular formula is C10H12FN3O2S. The summed E-state index contributed by atoms with van der Waals surface area (Å²) in [5.41, 5.74) is 10.6. The zero-order chi connectivity index (χ0) is 12.8. The van der Waals surface area contributed by atoms with Crippen LogP contribution in [0.15, 0.2) is 23.1 Å². The highest BCUT2D eigenvalue weighted by atomic mass is 32.2. The van der Waals surface area contributed by atoms with E-state index in [0.29, 0.717) is 16.3 Å². The van der Waals surface area contributed by atoms with Crippen LogP contribution in [0.2, 0.25) is 0 Å². The van der Waals surface area contributed by atoms with Crippen molar-refractivity contribution in [3.8, 4) is 0 Å². The van der Waals surface area contributed by atoms with Gasteiger partial charge in [0.15, 0.2) is 0 Å². The Balaban J connectivity index is 2.40. The number of primary amides is 1. The Morgan fingerprint density at radius 3 is 2.65 bits per heavy atom. The fourth-order valence-corrected chi connectivity index (χ4v) is 2.07. The molecule has 0 aliphatic carbocycles. The first-order chi connectivity index (χ1) is 7.97. The molecule has 5 N–H and O–H groups in total. The molecule has 0 fully saturated rings. The minimum absolute atomic E-state index is 0.115. The lowest BCUT2D eigenvalue weighted by atomic mass is 10.3. The second kappa shape index (κ2) is 6.09. The Hall–Kier alpha value is -1.76. The number of imide groups is 1.